The maximum atomic E-state index is 10.8. The predicted molar refractivity (Wildman–Crippen MR) is 88.1 cm³/mol. The van der Waals surface area contributed by atoms with Gasteiger partial charge in [0, 0.05) is 32.7 Å². The Morgan fingerprint density at radius 2 is 1.17 bits per heavy atom. The Morgan fingerprint density at radius 3 is 1.58 bits per heavy atom. The predicted octanol–water partition coefficient (Wildman–Crippen LogP) is -0.568. The van der Waals surface area contributed by atoms with E-state index in [1.165, 1.54) is 4.90 Å². The average molecular weight is 347 g/mol. The first-order chi connectivity index (χ1) is 11.1. The number of rotatable bonds is 14. The third-order valence-corrected chi connectivity index (χ3v) is 3.28. The molecule has 0 atom stereocenters. The van der Waals surface area contributed by atoms with Crippen LogP contribution in [0.4, 0.5) is 0 Å². The fraction of sp³-hybridized carbons (Fsp3) is 0.800. The van der Waals surface area contributed by atoms with Crippen molar-refractivity contribution in [1.82, 2.24) is 14.7 Å². The number of hydrogen-bond acceptors (Lipinski definition) is 6. The van der Waals surface area contributed by atoms with E-state index in [-0.39, 0.29) is 19.6 Å². The van der Waals surface area contributed by atoms with E-state index in [2.05, 4.69) is 18.7 Å². The lowest BCUT2D eigenvalue weighted by Gasteiger charge is -2.28. The van der Waals surface area contributed by atoms with Crippen molar-refractivity contribution < 1.29 is 29.7 Å². The Kier molecular flexibility index (Phi) is 10.9. The van der Waals surface area contributed by atoms with Gasteiger partial charge in [-0.15, -0.1) is 0 Å². The zero-order chi connectivity index (χ0) is 18.7. The molecule has 24 heavy (non-hydrogen) atoms. The fourth-order valence-corrected chi connectivity index (χ4v) is 2.31. The van der Waals surface area contributed by atoms with Crippen LogP contribution in [0, 0.1) is 5.92 Å². The molecule has 0 spiro atoms. The second-order valence-electron chi connectivity index (χ2n) is 6.32. The average Bonchev–Trinajstić information content (AvgIpc) is 2.39. The zero-order valence-corrected chi connectivity index (χ0v) is 14.6. The van der Waals surface area contributed by atoms with E-state index < -0.39 is 17.9 Å². The number of carboxylic acids is 3. The van der Waals surface area contributed by atoms with E-state index in [9.17, 15) is 14.4 Å². The van der Waals surface area contributed by atoms with Gasteiger partial charge in [-0.25, -0.2) is 0 Å². The summed E-state index contributed by atoms with van der Waals surface area (Å²) in [5, 5.41) is 26.5. The van der Waals surface area contributed by atoms with Crippen LogP contribution in [0.2, 0.25) is 0 Å². The number of aliphatic carboxylic acids is 3. The van der Waals surface area contributed by atoms with E-state index >= 15 is 0 Å². The van der Waals surface area contributed by atoms with Gasteiger partial charge in [0.05, 0.1) is 19.6 Å². The maximum absolute atomic E-state index is 10.8. The number of nitrogens with zero attached hydrogens (tertiary/aromatic N) is 3. The highest BCUT2D eigenvalue weighted by atomic mass is 16.4. The van der Waals surface area contributed by atoms with E-state index in [0.717, 1.165) is 6.54 Å². The summed E-state index contributed by atoms with van der Waals surface area (Å²) in [5.41, 5.74) is 0. The van der Waals surface area contributed by atoms with Gasteiger partial charge in [0.25, 0.3) is 0 Å². The van der Waals surface area contributed by atoms with Gasteiger partial charge in [-0.05, 0) is 13.0 Å². The van der Waals surface area contributed by atoms with Crippen LogP contribution in [0.3, 0.4) is 0 Å². The molecule has 0 radical (unpaired) electrons. The number of carbonyl (C=O) groups is 3. The van der Waals surface area contributed by atoms with Crippen molar-refractivity contribution in [2.24, 2.45) is 5.92 Å². The SMILES string of the molecule is CC(C)CN(CCN(C)CC(=O)O)CCN(CC(=O)O)CC(=O)O. The van der Waals surface area contributed by atoms with Gasteiger partial charge in [-0.1, -0.05) is 13.8 Å². The van der Waals surface area contributed by atoms with Crippen molar-refractivity contribution in [2.75, 3.05) is 59.4 Å². The summed E-state index contributed by atoms with van der Waals surface area (Å²) in [6.45, 7) is 6.26. The van der Waals surface area contributed by atoms with Gasteiger partial charge in [0.2, 0.25) is 0 Å². The van der Waals surface area contributed by atoms with Crippen LogP contribution in [0.15, 0.2) is 0 Å². The Labute approximate surface area is 142 Å². The molecule has 9 heteroatoms. The second kappa shape index (κ2) is 11.8. The van der Waals surface area contributed by atoms with Gasteiger partial charge >= 0.3 is 17.9 Å². The van der Waals surface area contributed by atoms with E-state index in [1.807, 2.05) is 0 Å². The van der Waals surface area contributed by atoms with Crippen molar-refractivity contribution in [1.29, 1.82) is 0 Å². The first kappa shape index (κ1) is 22.3. The third kappa shape index (κ3) is 12.8. The van der Waals surface area contributed by atoms with Crippen LogP contribution in [0.1, 0.15) is 13.8 Å². The van der Waals surface area contributed by atoms with E-state index in [0.29, 0.717) is 32.1 Å². The van der Waals surface area contributed by atoms with E-state index in [1.54, 1.807) is 11.9 Å². The van der Waals surface area contributed by atoms with Gasteiger partial charge in [-0.3, -0.25) is 24.2 Å². The molecule has 9 nitrogen and oxygen atoms in total. The molecule has 0 amide bonds. The molecular formula is C15H29N3O6. The van der Waals surface area contributed by atoms with Crippen molar-refractivity contribution >= 4 is 17.9 Å². The summed E-state index contributed by atoms with van der Waals surface area (Å²) in [6.07, 6.45) is 0. The molecule has 0 aliphatic rings. The summed E-state index contributed by atoms with van der Waals surface area (Å²) in [6, 6.07) is 0. The highest BCUT2D eigenvalue weighted by molar-refractivity contribution is 5.72. The highest BCUT2D eigenvalue weighted by Gasteiger charge is 2.16. The van der Waals surface area contributed by atoms with Crippen molar-refractivity contribution in [3.8, 4) is 0 Å². The lowest BCUT2D eigenvalue weighted by Crippen LogP contribution is -2.43. The van der Waals surface area contributed by atoms with E-state index in [4.69, 9.17) is 15.3 Å². The molecule has 140 valence electrons. The number of carboxylic acid groups (broad SMARTS) is 3. The lowest BCUT2D eigenvalue weighted by molar-refractivity contribution is -0.142. The molecule has 3 N–H and O–H groups in total. The van der Waals surface area contributed by atoms with Gasteiger partial charge in [0.1, 0.15) is 0 Å². The summed E-state index contributed by atoms with van der Waals surface area (Å²) in [7, 11) is 1.73. The molecule has 0 bridgehead atoms. The monoisotopic (exact) mass is 347 g/mol. The Bertz CT molecular complexity index is 400. The molecule has 0 unspecified atom stereocenters. The molecule has 0 saturated heterocycles. The number of hydrogen-bond donors (Lipinski definition) is 3. The molecule has 0 heterocycles. The first-order valence-corrected chi connectivity index (χ1v) is 7.88. The zero-order valence-electron chi connectivity index (χ0n) is 14.6. The van der Waals surface area contributed by atoms with Crippen molar-refractivity contribution in [3.63, 3.8) is 0 Å². The smallest absolute Gasteiger partial charge is 0.317 e. The summed E-state index contributed by atoms with van der Waals surface area (Å²) in [5.74, 6) is -2.62. The second-order valence-corrected chi connectivity index (χ2v) is 6.32. The molecule has 0 fully saturated rings. The molecular weight excluding hydrogens is 318 g/mol. The molecule has 0 aromatic heterocycles. The Hall–Kier alpha value is -1.71. The third-order valence-electron chi connectivity index (χ3n) is 3.28. The van der Waals surface area contributed by atoms with Crippen LogP contribution in [-0.2, 0) is 14.4 Å². The van der Waals surface area contributed by atoms with Crippen molar-refractivity contribution in [2.45, 2.75) is 13.8 Å². The van der Waals surface area contributed by atoms with Crippen LogP contribution in [-0.4, -0.2) is 107 Å². The Balaban J connectivity index is 4.54. The molecule has 0 saturated carbocycles. The highest BCUT2D eigenvalue weighted by Crippen LogP contribution is 2.01. The Morgan fingerprint density at radius 1 is 0.750 bits per heavy atom. The first-order valence-electron chi connectivity index (χ1n) is 7.88. The summed E-state index contributed by atoms with van der Waals surface area (Å²) >= 11 is 0. The van der Waals surface area contributed by atoms with Gasteiger partial charge in [0.15, 0.2) is 0 Å². The van der Waals surface area contributed by atoms with Gasteiger partial charge in [-0.2, -0.15) is 0 Å². The maximum Gasteiger partial charge on any atom is 0.317 e. The standard InChI is InChI=1S/C15H29N3O6/c1-12(2)8-17(5-4-16(3)9-13(19)20)6-7-18(10-14(21)22)11-15(23)24/h12H,4-11H2,1-3H3,(H,19,20)(H,21,22)(H,23,24). The van der Waals surface area contributed by atoms with Crippen LogP contribution >= 0.6 is 0 Å². The number of likely N-dealkylation sites (N-methyl/N-ethyl adjacent to an activating group) is 1. The molecule has 0 rings (SSSR count). The van der Waals surface area contributed by atoms with Crippen LogP contribution in [0.5, 0.6) is 0 Å². The molecule has 0 aromatic rings. The van der Waals surface area contributed by atoms with Crippen LogP contribution < -0.4 is 0 Å². The molecule has 0 aliphatic carbocycles. The lowest BCUT2D eigenvalue weighted by atomic mass is 10.2. The minimum atomic E-state index is -1.06. The topological polar surface area (TPSA) is 122 Å². The summed E-state index contributed by atoms with van der Waals surface area (Å²) in [4.78, 5) is 37.5. The van der Waals surface area contributed by atoms with Crippen LogP contribution in [0.25, 0.3) is 0 Å². The summed E-state index contributed by atoms with van der Waals surface area (Å²) < 4.78 is 0. The fourth-order valence-electron chi connectivity index (χ4n) is 2.31. The minimum absolute atomic E-state index is 0.0420. The quantitative estimate of drug-likeness (QED) is 0.379. The van der Waals surface area contributed by atoms with Crippen molar-refractivity contribution in [3.05, 3.63) is 0 Å². The normalized spacial score (nSPS) is 11.6. The van der Waals surface area contributed by atoms with Gasteiger partial charge < -0.3 is 20.2 Å². The largest absolute Gasteiger partial charge is 0.480 e. The molecule has 0 aromatic carbocycles. The minimum Gasteiger partial charge on any atom is -0.480 e. The molecule has 0 aliphatic heterocycles.